The van der Waals surface area contributed by atoms with Gasteiger partial charge in [-0.1, -0.05) is 11.8 Å². The fourth-order valence-corrected chi connectivity index (χ4v) is 2.68. The highest BCUT2D eigenvalue weighted by molar-refractivity contribution is 7.10. The molecule has 17 heavy (non-hydrogen) atoms. The van der Waals surface area contributed by atoms with Gasteiger partial charge in [0, 0.05) is 35.0 Å². The Morgan fingerprint density at radius 1 is 1.53 bits per heavy atom. The number of aliphatic hydroxyl groups excluding tert-OH is 1. The molecule has 1 heterocycles. The number of rotatable bonds is 5. The Labute approximate surface area is 106 Å². The van der Waals surface area contributed by atoms with E-state index in [0.717, 1.165) is 18.7 Å². The van der Waals surface area contributed by atoms with Crippen LogP contribution in [-0.4, -0.2) is 35.7 Å². The minimum Gasteiger partial charge on any atom is -0.395 e. The maximum atomic E-state index is 9.04. The molecule has 0 amide bonds. The van der Waals surface area contributed by atoms with Gasteiger partial charge >= 0.3 is 0 Å². The fourth-order valence-electron chi connectivity index (χ4n) is 1.84. The molecule has 4 heteroatoms. The van der Waals surface area contributed by atoms with Gasteiger partial charge in [0.15, 0.2) is 0 Å². The number of aliphatic hydroxyl groups is 1. The summed E-state index contributed by atoms with van der Waals surface area (Å²) in [6, 6.07) is 2.81. The van der Waals surface area contributed by atoms with Gasteiger partial charge in [-0.3, -0.25) is 4.90 Å². The zero-order valence-electron chi connectivity index (χ0n) is 9.85. The van der Waals surface area contributed by atoms with Crippen molar-refractivity contribution in [2.24, 2.45) is 5.73 Å². The summed E-state index contributed by atoms with van der Waals surface area (Å²) in [5.41, 5.74) is 6.40. The normalized spacial score (nSPS) is 14.8. The van der Waals surface area contributed by atoms with Gasteiger partial charge in [0.1, 0.15) is 0 Å². The number of hydrogen-bond donors (Lipinski definition) is 2. The molecule has 92 valence electrons. The van der Waals surface area contributed by atoms with Crippen molar-refractivity contribution in [1.82, 2.24) is 4.90 Å². The molecule has 0 aliphatic heterocycles. The molecule has 1 saturated carbocycles. The summed E-state index contributed by atoms with van der Waals surface area (Å²) >= 11 is 1.73. The van der Waals surface area contributed by atoms with Crippen molar-refractivity contribution in [3.63, 3.8) is 0 Å². The van der Waals surface area contributed by atoms with E-state index in [-0.39, 0.29) is 6.61 Å². The lowest BCUT2D eigenvalue weighted by molar-refractivity contribution is 0.184. The van der Waals surface area contributed by atoms with Gasteiger partial charge in [-0.2, -0.15) is 0 Å². The van der Waals surface area contributed by atoms with Crippen LogP contribution in [-0.2, 0) is 6.54 Å². The van der Waals surface area contributed by atoms with Gasteiger partial charge in [0.05, 0.1) is 13.2 Å². The number of nitrogens with zero attached hydrogens (tertiary/aromatic N) is 1. The molecule has 0 aromatic carbocycles. The van der Waals surface area contributed by atoms with Crippen LogP contribution < -0.4 is 5.73 Å². The molecule has 1 aliphatic rings. The second-order valence-electron chi connectivity index (χ2n) is 4.23. The van der Waals surface area contributed by atoms with Crippen LogP contribution in [0.5, 0.6) is 0 Å². The summed E-state index contributed by atoms with van der Waals surface area (Å²) in [5, 5.41) is 11.1. The van der Waals surface area contributed by atoms with Crippen LogP contribution in [0.25, 0.3) is 0 Å². The second kappa shape index (κ2) is 6.18. The molecule has 0 bridgehead atoms. The van der Waals surface area contributed by atoms with Gasteiger partial charge in [-0.05, 0) is 18.9 Å². The third kappa shape index (κ3) is 3.83. The van der Waals surface area contributed by atoms with Crippen LogP contribution in [0.1, 0.15) is 23.3 Å². The molecule has 0 radical (unpaired) electrons. The number of hydrogen-bond acceptors (Lipinski definition) is 4. The minimum absolute atomic E-state index is 0.238. The lowest BCUT2D eigenvalue weighted by Crippen LogP contribution is -2.28. The van der Waals surface area contributed by atoms with E-state index in [2.05, 4.69) is 28.2 Å². The van der Waals surface area contributed by atoms with Gasteiger partial charge in [0.2, 0.25) is 0 Å². The summed E-state index contributed by atoms with van der Waals surface area (Å²) in [7, 11) is 0. The maximum Gasteiger partial charge on any atom is 0.0558 e. The lowest BCUT2D eigenvalue weighted by atomic mass is 10.3. The summed E-state index contributed by atoms with van der Waals surface area (Å²) in [5.74, 6) is 5.90. The Morgan fingerprint density at radius 3 is 3.00 bits per heavy atom. The predicted molar refractivity (Wildman–Crippen MR) is 70.8 cm³/mol. The highest BCUT2D eigenvalue weighted by atomic mass is 32.1. The Bertz CT molecular complexity index is 415. The van der Waals surface area contributed by atoms with E-state index in [1.54, 1.807) is 11.3 Å². The quantitative estimate of drug-likeness (QED) is 0.767. The van der Waals surface area contributed by atoms with Crippen molar-refractivity contribution in [2.75, 3.05) is 19.7 Å². The van der Waals surface area contributed by atoms with E-state index in [1.165, 1.54) is 17.7 Å². The van der Waals surface area contributed by atoms with Crippen LogP contribution in [0, 0.1) is 11.8 Å². The zero-order valence-corrected chi connectivity index (χ0v) is 10.7. The summed E-state index contributed by atoms with van der Waals surface area (Å²) in [6.07, 6.45) is 2.54. The summed E-state index contributed by atoms with van der Waals surface area (Å²) < 4.78 is 0. The van der Waals surface area contributed by atoms with Crippen LogP contribution in [0.2, 0.25) is 0 Å². The molecule has 0 saturated heterocycles. The first-order chi connectivity index (χ1) is 8.33. The largest absolute Gasteiger partial charge is 0.395 e. The molecule has 0 unspecified atom stereocenters. The minimum atomic E-state index is 0.238. The number of thiophene rings is 1. The molecule has 0 spiro atoms. The molecule has 1 fully saturated rings. The third-order valence-corrected chi connectivity index (χ3v) is 3.72. The van der Waals surface area contributed by atoms with E-state index in [9.17, 15) is 0 Å². The molecular weight excluding hydrogens is 232 g/mol. The van der Waals surface area contributed by atoms with E-state index in [4.69, 9.17) is 10.8 Å². The third-order valence-electron chi connectivity index (χ3n) is 2.80. The van der Waals surface area contributed by atoms with Gasteiger partial charge in [-0.15, -0.1) is 11.3 Å². The Kier molecular flexibility index (Phi) is 4.57. The van der Waals surface area contributed by atoms with E-state index in [1.807, 2.05) is 0 Å². The van der Waals surface area contributed by atoms with Crippen molar-refractivity contribution in [1.29, 1.82) is 0 Å². The van der Waals surface area contributed by atoms with E-state index < -0.39 is 0 Å². The smallest absolute Gasteiger partial charge is 0.0558 e. The van der Waals surface area contributed by atoms with Crippen molar-refractivity contribution in [3.05, 3.63) is 21.9 Å². The second-order valence-corrected chi connectivity index (χ2v) is 5.23. The number of nitrogens with two attached hydrogens (primary N) is 1. The summed E-state index contributed by atoms with van der Waals surface area (Å²) in [6.45, 7) is 2.35. The SMILES string of the molecule is NCC#Cc1csc(CN(CCO)C2CC2)c1. The topological polar surface area (TPSA) is 49.5 Å². The molecular formula is C13H18N2OS. The van der Waals surface area contributed by atoms with Gasteiger partial charge in [0.25, 0.3) is 0 Å². The van der Waals surface area contributed by atoms with Crippen LogP contribution in [0.4, 0.5) is 0 Å². The first-order valence-corrected chi connectivity index (χ1v) is 6.82. The van der Waals surface area contributed by atoms with Crippen molar-refractivity contribution >= 4 is 11.3 Å². The molecule has 3 N–H and O–H groups in total. The van der Waals surface area contributed by atoms with E-state index >= 15 is 0 Å². The zero-order chi connectivity index (χ0) is 12.1. The predicted octanol–water partition coefficient (Wildman–Crippen LogP) is 1.01. The average Bonchev–Trinajstić information content (AvgIpc) is 3.08. The molecule has 0 atom stereocenters. The summed E-state index contributed by atoms with van der Waals surface area (Å²) in [4.78, 5) is 3.66. The van der Waals surface area contributed by atoms with Crippen molar-refractivity contribution < 1.29 is 5.11 Å². The van der Waals surface area contributed by atoms with Crippen LogP contribution in [0.15, 0.2) is 11.4 Å². The molecule has 1 aromatic heterocycles. The Balaban J connectivity index is 1.94. The monoisotopic (exact) mass is 250 g/mol. The first kappa shape index (κ1) is 12.6. The lowest BCUT2D eigenvalue weighted by Gasteiger charge is -2.19. The average molecular weight is 250 g/mol. The van der Waals surface area contributed by atoms with Gasteiger partial charge < -0.3 is 10.8 Å². The Morgan fingerprint density at radius 2 is 2.35 bits per heavy atom. The van der Waals surface area contributed by atoms with Crippen molar-refractivity contribution in [2.45, 2.75) is 25.4 Å². The highest BCUT2D eigenvalue weighted by Crippen LogP contribution is 2.29. The highest BCUT2D eigenvalue weighted by Gasteiger charge is 2.28. The Hall–Kier alpha value is -0.860. The molecule has 2 rings (SSSR count). The fraction of sp³-hybridized carbons (Fsp3) is 0.538. The van der Waals surface area contributed by atoms with E-state index in [0.29, 0.717) is 12.6 Å². The standard InChI is InChI=1S/C13H18N2OS/c14-5-1-2-11-8-13(17-10-11)9-15(6-7-16)12-3-4-12/h8,10,12,16H,3-7,9,14H2. The van der Waals surface area contributed by atoms with Gasteiger partial charge in [-0.25, -0.2) is 0 Å². The van der Waals surface area contributed by atoms with Crippen LogP contribution in [0.3, 0.4) is 0 Å². The van der Waals surface area contributed by atoms with Crippen molar-refractivity contribution in [3.8, 4) is 11.8 Å². The van der Waals surface area contributed by atoms with Crippen LogP contribution >= 0.6 is 11.3 Å². The first-order valence-electron chi connectivity index (χ1n) is 5.94. The molecule has 3 nitrogen and oxygen atoms in total. The maximum absolute atomic E-state index is 9.04. The molecule has 1 aliphatic carbocycles. The molecule has 1 aromatic rings.